The van der Waals surface area contributed by atoms with E-state index in [0.717, 1.165) is 19.3 Å². The fourth-order valence-corrected chi connectivity index (χ4v) is 2.74. The van der Waals surface area contributed by atoms with Crippen LogP contribution in [0, 0.1) is 5.92 Å². The smallest absolute Gasteiger partial charge is 0.243 e. The van der Waals surface area contributed by atoms with Crippen molar-refractivity contribution in [1.29, 1.82) is 0 Å². The van der Waals surface area contributed by atoms with Crippen LogP contribution < -0.4 is 10.9 Å². The molecule has 142 valence electrons. The highest BCUT2D eigenvalue weighted by atomic mass is 35.5. The Morgan fingerprint density at radius 1 is 1.50 bits per heavy atom. The molecule has 0 aliphatic heterocycles. The first-order valence-electron chi connectivity index (χ1n) is 8.28. The number of hydrogen-bond acceptors (Lipinski definition) is 7. The zero-order valence-corrected chi connectivity index (χ0v) is 15.4. The molecule has 2 rings (SSSR count). The third kappa shape index (κ3) is 5.02. The molecule has 1 atom stereocenters. The number of halogens is 1. The van der Waals surface area contributed by atoms with Gasteiger partial charge in [-0.15, -0.1) is 0 Å². The molecule has 0 spiro atoms. The number of hydroxylamine groups is 2. The summed E-state index contributed by atoms with van der Waals surface area (Å²) >= 11 is 5.96. The minimum Gasteiger partial charge on any atom is -0.286 e. The van der Waals surface area contributed by atoms with Crippen LogP contribution in [0.1, 0.15) is 32.6 Å². The zero-order chi connectivity index (χ0) is 19.1. The lowest BCUT2D eigenvalue weighted by Gasteiger charge is -2.19. The summed E-state index contributed by atoms with van der Waals surface area (Å²) in [7, 11) is 1.70. The highest BCUT2D eigenvalue weighted by molar-refractivity contribution is 6.34. The molecule has 11 heteroatoms. The summed E-state index contributed by atoms with van der Waals surface area (Å²) in [6.45, 7) is 1.97. The van der Waals surface area contributed by atoms with Crippen molar-refractivity contribution in [2.45, 2.75) is 32.6 Å². The van der Waals surface area contributed by atoms with Gasteiger partial charge in [0.25, 0.3) is 0 Å². The van der Waals surface area contributed by atoms with E-state index >= 15 is 0 Å². The molecule has 1 unspecified atom stereocenters. The second kappa shape index (κ2) is 9.30. The van der Waals surface area contributed by atoms with Crippen molar-refractivity contribution in [3.05, 3.63) is 11.3 Å². The van der Waals surface area contributed by atoms with Gasteiger partial charge in [-0.25, -0.2) is 14.7 Å². The van der Waals surface area contributed by atoms with E-state index in [9.17, 15) is 14.8 Å². The number of carbonyl (C=O) groups excluding carboxylic acids is 2. The lowest BCUT2D eigenvalue weighted by molar-refractivity contribution is -0.154. The van der Waals surface area contributed by atoms with E-state index in [2.05, 4.69) is 32.8 Å². The number of nitrogens with one attached hydrogen (secondary N) is 2. The average Bonchev–Trinajstić information content (AvgIpc) is 2.92. The van der Waals surface area contributed by atoms with Crippen LogP contribution in [0.2, 0.25) is 5.15 Å². The molecule has 2 aromatic heterocycles. The monoisotopic (exact) mass is 383 g/mol. The van der Waals surface area contributed by atoms with Crippen LogP contribution in [0.25, 0.3) is 11.0 Å². The third-order valence-electron chi connectivity index (χ3n) is 3.89. The molecule has 0 saturated carbocycles. The van der Waals surface area contributed by atoms with Gasteiger partial charge in [0.2, 0.25) is 18.3 Å². The van der Waals surface area contributed by atoms with Gasteiger partial charge in [-0.05, 0) is 6.42 Å². The number of rotatable bonds is 10. The maximum absolute atomic E-state index is 12.4. The molecule has 2 amide bonds. The molecule has 0 aliphatic rings. The van der Waals surface area contributed by atoms with Gasteiger partial charge >= 0.3 is 0 Å². The molecule has 0 radical (unpaired) electrons. The summed E-state index contributed by atoms with van der Waals surface area (Å²) in [5.41, 5.74) is 5.67. The van der Waals surface area contributed by atoms with Gasteiger partial charge in [0.05, 0.1) is 17.8 Å². The van der Waals surface area contributed by atoms with E-state index in [0.29, 0.717) is 27.7 Å². The van der Waals surface area contributed by atoms with E-state index in [1.165, 1.54) is 10.9 Å². The van der Waals surface area contributed by atoms with E-state index in [1.807, 2.05) is 0 Å². The summed E-state index contributed by atoms with van der Waals surface area (Å²) in [4.78, 5) is 31.3. The highest BCUT2D eigenvalue weighted by Crippen LogP contribution is 2.20. The number of unbranched alkanes of at least 4 members (excludes halogenated alkanes) is 2. The fourth-order valence-electron chi connectivity index (χ4n) is 2.49. The summed E-state index contributed by atoms with van der Waals surface area (Å²) in [6, 6.07) is 0. The highest BCUT2D eigenvalue weighted by Gasteiger charge is 2.21. The number of aromatic nitrogens is 4. The minimum atomic E-state index is -0.556. The molecule has 0 aromatic carbocycles. The van der Waals surface area contributed by atoms with E-state index < -0.39 is 5.92 Å². The Bertz CT molecular complexity index is 767. The number of nitrogens with zero attached hydrogens (tertiary/aromatic N) is 5. The first-order chi connectivity index (χ1) is 12.5. The third-order valence-corrected chi connectivity index (χ3v) is 4.17. The molecular formula is C15H22ClN7O3. The van der Waals surface area contributed by atoms with Crippen LogP contribution in [-0.2, 0) is 16.6 Å². The van der Waals surface area contributed by atoms with E-state index in [4.69, 9.17) is 11.6 Å². The van der Waals surface area contributed by atoms with Gasteiger partial charge in [0.15, 0.2) is 10.8 Å². The van der Waals surface area contributed by atoms with Crippen molar-refractivity contribution in [3.8, 4) is 0 Å². The Labute approximate surface area is 155 Å². The summed E-state index contributed by atoms with van der Waals surface area (Å²) in [6.07, 6.45) is 5.11. The summed E-state index contributed by atoms with van der Waals surface area (Å²) in [5.74, 6) is -0.748. The van der Waals surface area contributed by atoms with Crippen LogP contribution in [-0.4, -0.2) is 48.9 Å². The van der Waals surface area contributed by atoms with Crippen molar-refractivity contribution in [1.82, 2.24) is 30.2 Å². The fraction of sp³-hybridized carbons (Fsp3) is 0.533. The molecule has 0 saturated heterocycles. The van der Waals surface area contributed by atoms with Gasteiger partial charge in [0.1, 0.15) is 0 Å². The topological polar surface area (TPSA) is 125 Å². The molecular weight excluding hydrogens is 362 g/mol. The lowest BCUT2D eigenvalue weighted by Crippen LogP contribution is -2.40. The second-order valence-corrected chi connectivity index (χ2v) is 6.24. The van der Waals surface area contributed by atoms with Gasteiger partial charge in [-0.1, -0.05) is 37.8 Å². The molecule has 0 aliphatic carbocycles. The zero-order valence-electron chi connectivity index (χ0n) is 14.6. The van der Waals surface area contributed by atoms with Gasteiger partial charge < -0.3 is 0 Å². The first-order valence-corrected chi connectivity index (χ1v) is 8.66. The molecule has 2 heterocycles. The normalized spacial score (nSPS) is 12.0. The van der Waals surface area contributed by atoms with Crippen LogP contribution in [0.15, 0.2) is 6.20 Å². The Balaban J connectivity index is 2.01. The predicted octanol–water partition coefficient (Wildman–Crippen LogP) is 1.50. The second-order valence-electron chi connectivity index (χ2n) is 5.88. The van der Waals surface area contributed by atoms with Crippen LogP contribution >= 0.6 is 11.6 Å². The average molecular weight is 384 g/mol. The SMILES string of the molecule is CCCCCC(CN(O)C=O)C(=O)NNc1ncc2c(Cl)nn(C)c2n1. The van der Waals surface area contributed by atoms with Gasteiger partial charge in [0, 0.05) is 13.2 Å². The van der Waals surface area contributed by atoms with E-state index in [1.54, 1.807) is 7.05 Å². The Morgan fingerprint density at radius 3 is 2.96 bits per heavy atom. The largest absolute Gasteiger partial charge is 0.286 e. The molecule has 0 bridgehead atoms. The first kappa shape index (κ1) is 19.9. The molecule has 0 fully saturated rings. The number of hydrazine groups is 1. The summed E-state index contributed by atoms with van der Waals surface area (Å²) < 4.78 is 1.51. The number of fused-ring (bicyclic) bond motifs is 1. The van der Waals surface area contributed by atoms with Gasteiger partial charge in [-0.3, -0.25) is 25.6 Å². The maximum atomic E-state index is 12.4. The number of amides is 2. The molecule has 2 aromatic rings. The quantitative estimate of drug-likeness (QED) is 0.245. The predicted molar refractivity (Wildman–Crippen MR) is 95.3 cm³/mol. The number of carbonyl (C=O) groups is 2. The Hall–Kier alpha value is -2.46. The lowest BCUT2D eigenvalue weighted by atomic mass is 10.0. The number of hydrogen-bond donors (Lipinski definition) is 3. The van der Waals surface area contributed by atoms with Crippen molar-refractivity contribution in [3.63, 3.8) is 0 Å². The minimum absolute atomic E-state index is 0.0854. The van der Waals surface area contributed by atoms with E-state index in [-0.39, 0.29) is 24.8 Å². The molecule has 3 N–H and O–H groups in total. The van der Waals surface area contributed by atoms with Crippen molar-refractivity contribution < 1.29 is 14.8 Å². The molecule has 10 nitrogen and oxygen atoms in total. The van der Waals surface area contributed by atoms with Crippen LogP contribution in [0.5, 0.6) is 0 Å². The Morgan fingerprint density at radius 2 is 2.27 bits per heavy atom. The standard InChI is InChI=1S/C15H22ClN7O3/c1-3-4-5-6-10(8-23(26)9-24)14(25)19-20-15-17-7-11-12(16)21-22(2)13(11)18-15/h7,9-10,26H,3-6,8H2,1-2H3,(H,19,25)(H,17,18,20). The summed E-state index contributed by atoms with van der Waals surface area (Å²) in [5, 5.41) is 14.8. The van der Waals surface area contributed by atoms with Crippen molar-refractivity contribution in [2.24, 2.45) is 13.0 Å². The van der Waals surface area contributed by atoms with Crippen LogP contribution in [0.3, 0.4) is 0 Å². The van der Waals surface area contributed by atoms with Crippen molar-refractivity contribution in [2.75, 3.05) is 12.0 Å². The van der Waals surface area contributed by atoms with Gasteiger partial charge in [-0.2, -0.15) is 10.1 Å². The maximum Gasteiger partial charge on any atom is 0.243 e. The van der Waals surface area contributed by atoms with Crippen molar-refractivity contribution >= 4 is 40.9 Å². The van der Waals surface area contributed by atoms with Crippen LogP contribution in [0.4, 0.5) is 5.95 Å². The molecule has 26 heavy (non-hydrogen) atoms. The Kier molecular flexibility index (Phi) is 7.10. The number of aryl methyl sites for hydroxylation is 1. The number of anilines is 1.